The number of hydrogen-bond donors (Lipinski definition) is 2. The first-order valence-corrected chi connectivity index (χ1v) is 6.28. The van der Waals surface area contributed by atoms with Crippen LogP contribution in [-0.2, 0) is 4.79 Å². The van der Waals surface area contributed by atoms with E-state index in [1.807, 2.05) is 0 Å². The van der Waals surface area contributed by atoms with Gasteiger partial charge in [-0.25, -0.2) is 4.39 Å². The molecule has 6 heteroatoms. The van der Waals surface area contributed by atoms with Gasteiger partial charge < -0.3 is 10.6 Å². The van der Waals surface area contributed by atoms with Gasteiger partial charge in [0.05, 0.1) is 5.56 Å². The van der Waals surface area contributed by atoms with Crippen LogP contribution in [0.1, 0.15) is 24.2 Å². The highest BCUT2D eigenvalue weighted by molar-refractivity contribution is 9.10. The Hall–Kier alpha value is -1.43. The summed E-state index contributed by atoms with van der Waals surface area (Å²) in [5.74, 6) is -1.55. The topological polar surface area (TPSA) is 58.2 Å². The molecule has 0 aliphatic carbocycles. The Balaban J connectivity index is 2.73. The van der Waals surface area contributed by atoms with Crippen LogP contribution >= 0.6 is 15.9 Å². The maximum Gasteiger partial charge on any atom is 0.254 e. The molecule has 0 heterocycles. The number of rotatable bonds is 4. The van der Waals surface area contributed by atoms with E-state index < -0.39 is 17.8 Å². The van der Waals surface area contributed by atoms with E-state index in [0.717, 1.165) is 0 Å². The first kappa shape index (κ1) is 14.6. The molecule has 2 N–H and O–H groups in total. The standard InChI is InChI=1S/C12H14BrFN2O2/c1-3-15-11(17)7(2)16-12(18)9-5-4-8(13)6-10(9)14/h4-7H,3H2,1-2H3,(H,15,17)(H,16,18)/t7-/m1/s1. The van der Waals surface area contributed by atoms with Gasteiger partial charge in [-0.2, -0.15) is 0 Å². The molecular weight excluding hydrogens is 303 g/mol. The number of amides is 2. The third-order valence-electron chi connectivity index (χ3n) is 2.27. The Labute approximate surface area is 113 Å². The average Bonchev–Trinajstić information content (AvgIpc) is 2.28. The van der Waals surface area contributed by atoms with E-state index in [9.17, 15) is 14.0 Å². The van der Waals surface area contributed by atoms with Gasteiger partial charge in [0.2, 0.25) is 5.91 Å². The maximum atomic E-state index is 13.5. The minimum Gasteiger partial charge on any atom is -0.355 e. The van der Waals surface area contributed by atoms with Crippen molar-refractivity contribution in [1.82, 2.24) is 10.6 Å². The Morgan fingerprint density at radius 2 is 2.11 bits per heavy atom. The molecule has 2 amide bonds. The SMILES string of the molecule is CCNC(=O)[C@@H](C)NC(=O)c1ccc(Br)cc1F. The van der Waals surface area contributed by atoms with Crippen LogP contribution in [0.2, 0.25) is 0 Å². The van der Waals surface area contributed by atoms with Crippen molar-refractivity contribution >= 4 is 27.7 Å². The third kappa shape index (κ3) is 3.80. The summed E-state index contributed by atoms with van der Waals surface area (Å²) in [5, 5.41) is 5.01. The van der Waals surface area contributed by atoms with E-state index in [0.29, 0.717) is 11.0 Å². The van der Waals surface area contributed by atoms with Crippen molar-refractivity contribution in [2.24, 2.45) is 0 Å². The lowest BCUT2D eigenvalue weighted by Crippen LogP contribution is -2.44. The molecule has 98 valence electrons. The highest BCUT2D eigenvalue weighted by Gasteiger charge is 2.18. The molecule has 0 spiro atoms. The van der Waals surface area contributed by atoms with Crippen molar-refractivity contribution in [3.8, 4) is 0 Å². The number of carbonyl (C=O) groups is 2. The predicted octanol–water partition coefficient (Wildman–Crippen LogP) is 1.84. The van der Waals surface area contributed by atoms with Gasteiger partial charge in [-0.05, 0) is 32.0 Å². The summed E-state index contributed by atoms with van der Waals surface area (Å²) in [7, 11) is 0. The van der Waals surface area contributed by atoms with Gasteiger partial charge in [-0.15, -0.1) is 0 Å². The van der Waals surface area contributed by atoms with Gasteiger partial charge in [0.1, 0.15) is 11.9 Å². The van der Waals surface area contributed by atoms with E-state index in [-0.39, 0.29) is 11.5 Å². The minimum absolute atomic E-state index is 0.0886. The summed E-state index contributed by atoms with van der Waals surface area (Å²) in [6.45, 7) is 3.80. The second-order valence-corrected chi connectivity index (χ2v) is 4.63. The van der Waals surface area contributed by atoms with Crippen LogP contribution in [-0.4, -0.2) is 24.4 Å². The molecule has 18 heavy (non-hydrogen) atoms. The van der Waals surface area contributed by atoms with Crippen LogP contribution in [0, 0.1) is 5.82 Å². The summed E-state index contributed by atoms with van der Waals surface area (Å²) in [6, 6.07) is 3.42. The average molecular weight is 317 g/mol. The largest absolute Gasteiger partial charge is 0.355 e. The summed E-state index contributed by atoms with van der Waals surface area (Å²) in [6.07, 6.45) is 0. The zero-order valence-corrected chi connectivity index (χ0v) is 11.7. The molecule has 1 atom stereocenters. The predicted molar refractivity (Wildman–Crippen MR) is 69.7 cm³/mol. The van der Waals surface area contributed by atoms with Crippen LogP contribution in [0.4, 0.5) is 4.39 Å². The molecule has 0 saturated carbocycles. The zero-order chi connectivity index (χ0) is 13.7. The molecule has 0 aliphatic rings. The van der Waals surface area contributed by atoms with Crippen molar-refractivity contribution in [1.29, 1.82) is 0 Å². The van der Waals surface area contributed by atoms with Crippen LogP contribution in [0.15, 0.2) is 22.7 Å². The second kappa shape index (κ2) is 6.49. The Kier molecular flexibility index (Phi) is 5.27. The monoisotopic (exact) mass is 316 g/mol. The van der Waals surface area contributed by atoms with E-state index in [2.05, 4.69) is 26.6 Å². The lowest BCUT2D eigenvalue weighted by Gasteiger charge is -2.13. The van der Waals surface area contributed by atoms with E-state index in [1.54, 1.807) is 19.9 Å². The van der Waals surface area contributed by atoms with E-state index >= 15 is 0 Å². The molecule has 0 aliphatic heterocycles. The highest BCUT2D eigenvalue weighted by atomic mass is 79.9. The summed E-state index contributed by atoms with van der Waals surface area (Å²) in [4.78, 5) is 23.2. The van der Waals surface area contributed by atoms with E-state index in [4.69, 9.17) is 0 Å². The molecule has 1 aromatic carbocycles. The van der Waals surface area contributed by atoms with Crippen molar-refractivity contribution < 1.29 is 14.0 Å². The first-order valence-electron chi connectivity index (χ1n) is 5.49. The number of benzene rings is 1. The number of nitrogens with one attached hydrogen (secondary N) is 2. The number of carbonyl (C=O) groups excluding carboxylic acids is 2. The van der Waals surface area contributed by atoms with Crippen molar-refractivity contribution in [2.75, 3.05) is 6.54 Å². The van der Waals surface area contributed by atoms with Crippen molar-refractivity contribution in [3.63, 3.8) is 0 Å². The third-order valence-corrected chi connectivity index (χ3v) is 2.76. The minimum atomic E-state index is -0.708. The molecule has 1 rings (SSSR count). The lowest BCUT2D eigenvalue weighted by atomic mass is 10.2. The van der Waals surface area contributed by atoms with E-state index in [1.165, 1.54) is 12.1 Å². The Morgan fingerprint density at radius 1 is 1.44 bits per heavy atom. The molecule has 4 nitrogen and oxygen atoms in total. The quantitative estimate of drug-likeness (QED) is 0.890. The Morgan fingerprint density at radius 3 is 2.67 bits per heavy atom. The van der Waals surface area contributed by atoms with Crippen LogP contribution < -0.4 is 10.6 Å². The first-order chi connectivity index (χ1) is 8.45. The molecule has 0 fully saturated rings. The highest BCUT2D eigenvalue weighted by Crippen LogP contribution is 2.15. The van der Waals surface area contributed by atoms with Crippen molar-refractivity contribution in [2.45, 2.75) is 19.9 Å². The molecule has 0 unspecified atom stereocenters. The number of halogens is 2. The van der Waals surface area contributed by atoms with Crippen LogP contribution in [0.5, 0.6) is 0 Å². The molecule has 0 bridgehead atoms. The molecule has 0 saturated heterocycles. The van der Waals surface area contributed by atoms with Gasteiger partial charge in [0.15, 0.2) is 0 Å². The molecule has 1 aromatic rings. The zero-order valence-electron chi connectivity index (χ0n) is 10.1. The van der Waals surface area contributed by atoms with Gasteiger partial charge in [0, 0.05) is 11.0 Å². The Bertz CT molecular complexity index is 465. The summed E-state index contributed by atoms with van der Waals surface area (Å²) >= 11 is 3.10. The number of hydrogen-bond acceptors (Lipinski definition) is 2. The summed E-state index contributed by atoms with van der Waals surface area (Å²) < 4.78 is 14.1. The van der Waals surface area contributed by atoms with Gasteiger partial charge in [0.25, 0.3) is 5.91 Å². The maximum absolute atomic E-state index is 13.5. The van der Waals surface area contributed by atoms with Crippen LogP contribution in [0.3, 0.4) is 0 Å². The molecular formula is C12H14BrFN2O2. The fraction of sp³-hybridized carbons (Fsp3) is 0.333. The van der Waals surface area contributed by atoms with Gasteiger partial charge >= 0.3 is 0 Å². The summed E-state index contributed by atoms with van der Waals surface area (Å²) in [5.41, 5.74) is -0.0886. The molecule has 0 radical (unpaired) electrons. The van der Waals surface area contributed by atoms with Gasteiger partial charge in [-0.1, -0.05) is 15.9 Å². The fourth-order valence-corrected chi connectivity index (χ4v) is 1.67. The normalized spacial score (nSPS) is 11.8. The number of likely N-dealkylation sites (N-methyl/N-ethyl adjacent to an activating group) is 1. The van der Waals surface area contributed by atoms with Gasteiger partial charge in [-0.3, -0.25) is 9.59 Å². The second-order valence-electron chi connectivity index (χ2n) is 3.71. The lowest BCUT2D eigenvalue weighted by molar-refractivity contribution is -0.122. The smallest absolute Gasteiger partial charge is 0.254 e. The molecule has 0 aromatic heterocycles. The fourth-order valence-electron chi connectivity index (χ4n) is 1.34. The van der Waals surface area contributed by atoms with Crippen molar-refractivity contribution in [3.05, 3.63) is 34.1 Å². The van der Waals surface area contributed by atoms with Crippen LogP contribution in [0.25, 0.3) is 0 Å².